The second-order valence-electron chi connectivity index (χ2n) is 5.10. The molecular formula is C14H18Cl3NO. The van der Waals surface area contributed by atoms with Crippen LogP contribution in [0.4, 0.5) is 0 Å². The Hall–Kier alpha value is 0.01000. The standard InChI is InChI=1S/C14H18Cl3NO/c1-9(8-19)14(18-6-2-3-7-18)12-10(15)4-5-11(16)13(12)17/h4-5,9,14,19H,2-3,6-8H2,1H3. The van der Waals surface area contributed by atoms with E-state index in [1.54, 1.807) is 12.1 Å². The molecule has 0 saturated carbocycles. The fourth-order valence-corrected chi connectivity index (χ4v) is 3.52. The van der Waals surface area contributed by atoms with Crippen LogP contribution in [-0.4, -0.2) is 29.7 Å². The predicted molar refractivity (Wildman–Crippen MR) is 81.3 cm³/mol. The Balaban J connectivity index is 2.45. The molecule has 2 unspecified atom stereocenters. The first-order valence-corrected chi connectivity index (χ1v) is 7.68. The summed E-state index contributed by atoms with van der Waals surface area (Å²) in [6.45, 7) is 4.12. The second kappa shape index (κ2) is 6.64. The van der Waals surface area contributed by atoms with Gasteiger partial charge in [-0.05, 0) is 44.0 Å². The van der Waals surface area contributed by atoms with Gasteiger partial charge in [0.2, 0.25) is 0 Å². The number of benzene rings is 1. The summed E-state index contributed by atoms with van der Waals surface area (Å²) in [5.41, 5.74) is 0.847. The number of likely N-dealkylation sites (tertiary alicyclic amines) is 1. The highest BCUT2D eigenvalue weighted by atomic mass is 35.5. The van der Waals surface area contributed by atoms with Gasteiger partial charge in [-0.15, -0.1) is 0 Å². The van der Waals surface area contributed by atoms with E-state index < -0.39 is 0 Å². The van der Waals surface area contributed by atoms with Crippen LogP contribution in [0.3, 0.4) is 0 Å². The first-order valence-electron chi connectivity index (χ1n) is 6.54. The van der Waals surface area contributed by atoms with Crippen LogP contribution in [0.1, 0.15) is 31.4 Å². The van der Waals surface area contributed by atoms with Crippen molar-refractivity contribution in [2.24, 2.45) is 5.92 Å². The Labute approximate surface area is 129 Å². The maximum Gasteiger partial charge on any atom is 0.0655 e. The van der Waals surface area contributed by atoms with E-state index in [0.29, 0.717) is 15.1 Å². The SMILES string of the molecule is CC(CO)C(c1c(Cl)ccc(Cl)c1Cl)N1CCCC1. The molecule has 0 bridgehead atoms. The summed E-state index contributed by atoms with van der Waals surface area (Å²) in [5.74, 6) is 0.0616. The van der Waals surface area contributed by atoms with Crippen LogP contribution in [0.15, 0.2) is 12.1 Å². The van der Waals surface area contributed by atoms with Crippen LogP contribution in [0.25, 0.3) is 0 Å². The molecule has 1 heterocycles. The molecule has 0 spiro atoms. The summed E-state index contributed by atoms with van der Waals surface area (Å²) >= 11 is 18.8. The maximum atomic E-state index is 9.53. The highest BCUT2D eigenvalue weighted by Crippen LogP contribution is 2.42. The van der Waals surface area contributed by atoms with Gasteiger partial charge in [-0.1, -0.05) is 41.7 Å². The van der Waals surface area contributed by atoms with Crippen LogP contribution < -0.4 is 0 Å². The third-order valence-electron chi connectivity index (χ3n) is 3.74. The van der Waals surface area contributed by atoms with E-state index in [9.17, 15) is 5.11 Å². The third-order valence-corrected chi connectivity index (χ3v) is 4.88. The number of nitrogens with zero attached hydrogens (tertiary/aromatic N) is 1. The van der Waals surface area contributed by atoms with Crippen molar-refractivity contribution in [2.45, 2.75) is 25.8 Å². The molecule has 2 atom stereocenters. The molecule has 1 aliphatic rings. The molecule has 1 N–H and O–H groups in total. The molecule has 0 aliphatic carbocycles. The molecule has 19 heavy (non-hydrogen) atoms. The number of aliphatic hydroxyl groups is 1. The second-order valence-corrected chi connectivity index (χ2v) is 6.30. The monoisotopic (exact) mass is 321 g/mol. The summed E-state index contributed by atoms with van der Waals surface area (Å²) in [4.78, 5) is 2.34. The van der Waals surface area contributed by atoms with Crippen molar-refractivity contribution >= 4 is 34.8 Å². The minimum absolute atomic E-state index is 0.0196. The summed E-state index contributed by atoms with van der Waals surface area (Å²) in [5, 5.41) is 11.2. The van der Waals surface area contributed by atoms with Gasteiger partial charge in [0.15, 0.2) is 0 Å². The molecule has 0 amide bonds. The Morgan fingerprint density at radius 1 is 1.16 bits per heavy atom. The van der Waals surface area contributed by atoms with E-state index >= 15 is 0 Å². The molecule has 0 aromatic heterocycles. The lowest BCUT2D eigenvalue weighted by Gasteiger charge is -2.33. The summed E-state index contributed by atoms with van der Waals surface area (Å²) in [6, 6.07) is 3.50. The minimum atomic E-state index is 0.0196. The molecule has 0 radical (unpaired) electrons. The molecule has 1 saturated heterocycles. The lowest BCUT2D eigenvalue weighted by molar-refractivity contribution is 0.126. The molecule has 1 aromatic rings. The quantitative estimate of drug-likeness (QED) is 0.830. The Bertz CT molecular complexity index is 447. The zero-order chi connectivity index (χ0) is 14.0. The average molecular weight is 323 g/mol. The van der Waals surface area contributed by atoms with Crippen molar-refractivity contribution in [2.75, 3.05) is 19.7 Å². The number of aliphatic hydroxyl groups excluding tert-OH is 1. The maximum absolute atomic E-state index is 9.53. The molecule has 2 nitrogen and oxygen atoms in total. The van der Waals surface area contributed by atoms with Gasteiger partial charge in [-0.25, -0.2) is 0 Å². The Kier molecular flexibility index (Phi) is 5.38. The van der Waals surface area contributed by atoms with Crippen molar-refractivity contribution in [1.29, 1.82) is 0 Å². The van der Waals surface area contributed by atoms with Gasteiger partial charge in [0.1, 0.15) is 0 Å². The van der Waals surface area contributed by atoms with Crippen molar-refractivity contribution in [3.05, 3.63) is 32.8 Å². The number of hydrogen-bond acceptors (Lipinski definition) is 2. The van der Waals surface area contributed by atoms with Crippen molar-refractivity contribution in [3.63, 3.8) is 0 Å². The molecular weight excluding hydrogens is 305 g/mol. The van der Waals surface area contributed by atoms with Crippen LogP contribution in [0, 0.1) is 5.92 Å². The normalized spacial score (nSPS) is 19.6. The van der Waals surface area contributed by atoms with Gasteiger partial charge in [0.05, 0.1) is 10.0 Å². The third kappa shape index (κ3) is 3.20. The fraction of sp³-hybridized carbons (Fsp3) is 0.571. The highest BCUT2D eigenvalue weighted by molar-refractivity contribution is 6.44. The zero-order valence-electron chi connectivity index (χ0n) is 10.9. The minimum Gasteiger partial charge on any atom is -0.396 e. The highest BCUT2D eigenvalue weighted by Gasteiger charge is 2.31. The van der Waals surface area contributed by atoms with E-state index in [-0.39, 0.29) is 18.6 Å². The van der Waals surface area contributed by atoms with Crippen LogP contribution in [0.2, 0.25) is 15.1 Å². The topological polar surface area (TPSA) is 23.5 Å². The summed E-state index contributed by atoms with van der Waals surface area (Å²) in [7, 11) is 0. The Morgan fingerprint density at radius 3 is 2.32 bits per heavy atom. The van der Waals surface area contributed by atoms with Crippen LogP contribution >= 0.6 is 34.8 Å². The average Bonchev–Trinajstić information content (AvgIpc) is 2.92. The predicted octanol–water partition coefficient (Wildman–Crippen LogP) is 4.41. The smallest absolute Gasteiger partial charge is 0.0655 e. The Morgan fingerprint density at radius 2 is 1.74 bits per heavy atom. The number of rotatable bonds is 4. The van der Waals surface area contributed by atoms with Gasteiger partial charge in [-0.3, -0.25) is 4.90 Å². The molecule has 1 fully saturated rings. The van der Waals surface area contributed by atoms with E-state index in [4.69, 9.17) is 34.8 Å². The number of hydrogen-bond donors (Lipinski definition) is 1. The molecule has 1 aromatic carbocycles. The molecule has 1 aliphatic heterocycles. The summed E-state index contributed by atoms with van der Waals surface area (Å²) < 4.78 is 0. The molecule has 106 valence electrons. The van der Waals surface area contributed by atoms with E-state index in [1.165, 1.54) is 12.8 Å². The van der Waals surface area contributed by atoms with Crippen molar-refractivity contribution in [3.8, 4) is 0 Å². The van der Waals surface area contributed by atoms with Crippen LogP contribution in [0.5, 0.6) is 0 Å². The van der Waals surface area contributed by atoms with Gasteiger partial charge >= 0.3 is 0 Å². The fourth-order valence-electron chi connectivity index (χ4n) is 2.76. The van der Waals surface area contributed by atoms with Gasteiger partial charge < -0.3 is 5.11 Å². The lowest BCUT2D eigenvalue weighted by atomic mass is 9.93. The van der Waals surface area contributed by atoms with E-state index in [2.05, 4.69) is 4.90 Å². The molecule has 2 rings (SSSR count). The van der Waals surface area contributed by atoms with Crippen molar-refractivity contribution < 1.29 is 5.11 Å². The first-order chi connectivity index (χ1) is 9.06. The largest absolute Gasteiger partial charge is 0.396 e. The van der Waals surface area contributed by atoms with E-state index in [0.717, 1.165) is 18.7 Å². The van der Waals surface area contributed by atoms with Gasteiger partial charge in [0, 0.05) is 23.2 Å². The first kappa shape index (κ1) is 15.4. The number of halogens is 3. The summed E-state index contributed by atoms with van der Waals surface area (Å²) in [6.07, 6.45) is 2.34. The lowest BCUT2D eigenvalue weighted by Crippen LogP contribution is -2.32. The van der Waals surface area contributed by atoms with Crippen LogP contribution in [-0.2, 0) is 0 Å². The van der Waals surface area contributed by atoms with E-state index in [1.807, 2.05) is 6.92 Å². The van der Waals surface area contributed by atoms with Gasteiger partial charge in [0.25, 0.3) is 0 Å². The zero-order valence-corrected chi connectivity index (χ0v) is 13.1. The van der Waals surface area contributed by atoms with Crippen molar-refractivity contribution in [1.82, 2.24) is 4.90 Å². The molecule has 5 heteroatoms. The van der Waals surface area contributed by atoms with Gasteiger partial charge in [-0.2, -0.15) is 0 Å².